The van der Waals surface area contributed by atoms with Crippen LogP contribution in [0, 0.1) is 6.92 Å². The van der Waals surface area contributed by atoms with Crippen molar-refractivity contribution < 1.29 is 14.1 Å². The molecule has 0 aliphatic carbocycles. The third-order valence-corrected chi connectivity index (χ3v) is 1.11. The number of esters is 1. The molecule has 0 saturated carbocycles. The fourth-order valence-electron chi connectivity index (χ4n) is 0.580. The van der Waals surface area contributed by atoms with Crippen molar-refractivity contribution in [3.8, 4) is 5.88 Å². The topological polar surface area (TPSA) is 52.3 Å². The Kier molecular flexibility index (Phi) is 2.25. The minimum Gasteiger partial charge on any atom is -0.404 e. The fourth-order valence-corrected chi connectivity index (χ4v) is 0.580. The maximum atomic E-state index is 10.7. The molecule has 0 radical (unpaired) electrons. The number of hydrogen-bond acceptors (Lipinski definition) is 4. The van der Waals surface area contributed by atoms with E-state index in [-0.39, 0.29) is 11.8 Å². The van der Waals surface area contributed by atoms with E-state index in [1.165, 1.54) is 0 Å². The second-order valence-corrected chi connectivity index (χ2v) is 2.10. The highest BCUT2D eigenvalue weighted by Crippen LogP contribution is 2.09. The molecule has 0 spiro atoms. The van der Waals surface area contributed by atoms with Crippen molar-refractivity contribution in [2.75, 3.05) is 0 Å². The van der Waals surface area contributed by atoms with Crippen LogP contribution < -0.4 is 4.74 Å². The Bertz CT molecular complexity index is 254. The Morgan fingerprint density at radius 3 is 3.00 bits per heavy atom. The summed E-state index contributed by atoms with van der Waals surface area (Å²) in [5, 5.41) is 3.49. The van der Waals surface area contributed by atoms with E-state index in [1.807, 2.05) is 0 Å². The number of carbonyl (C=O) groups excluding carboxylic acids is 1. The number of aromatic nitrogens is 1. The SMILES string of the molecule is CCC(=O)Oc1cc(C)on1. The molecule has 0 atom stereocenters. The van der Waals surface area contributed by atoms with Gasteiger partial charge in [0, 0.05) is 12.5 Å². The van der Waals surface area contributed by atoms with Crippen LogP contribution in [0.4, 0.5) is 0 Å². The first-order valence-corrected chi connectivity index (χ1v) is 3.36. The Balaban J connectivity index is 2.57. The minimum atomic E-state index is -0.307. The molecule has 0 amide bonds. The third-order valence-electron chi connectivity index (χ3n) is 1.11. The van der Waals surface area contributed by atoms with Crippen molar-refractivity contribution in [2.45, 2.75) is 20.3 Å². The Morgan fingerprint density at radius 1 is 1.82 bits per heavy atom. The molecule has 0 unspecified atom stereocenters. The van der Waals surface area contributed by atoms with Crippen LogP contribution >= 0.6 is 0 Å². The molecule has 0 N–H and O–H groups in total. The highest BCUT2D eigenvalue weighted by Gasteiger charge is 2.04. The van der Waals surface area contributed by atoms with Crippen LogP contribution in [0.15, 0.2) is 10.6 Å². The van der Waals surface area contributed by atoms with Gasteiger partial charge in [-0.2, -0.15) is 0 Å². The van der Waals surface area contributed by atoms with Crippen molar-refractivity contribution in [1.29, 1.82) is 0 Å². The predicted octanol–water partition coefficient (Wildman–Crippen LogP) is 1.30. The molecule has 1 aromatic heterocycles. The maximum absolute atomic E-state index is 10.7. The first-order valence-electron chi connectivity index (χ1n) is 3.36. The predicted molar refractivity (Wildman–Crippen MR) is 37.2 cm³/mol. The number of nitrogens with zero attached hydrogens (tertiary/aromatic N) is 1. The lowest BCUT2D eigenvalue weighted by atomic mass is 10.5. The molecule has 0 fully saturated rings. The number of aryl methyl sites for hydroxylation is 1. The molecule has 1 heterocycles. The van der Waals surface area contributed by atoms with Crippen molar-refractivity contribution >= 4 is 5.97 Å². The van der Waals surface area contributed by atoms with Crippen LogP contribution in [0.1, 0.15) is 19.1 Å². The summed E-state index contributed by atoms with van der Waals surface area (Å²) >= 11 is 0. The summed E-state index contributed by atoms with van der Waals surface area (Å²) in [7, 11) is 0. The van der Waals surface area contributed by atoms with E-state index in [9.17, 15) is 4.79 Å². The Labute approximate surface area is 64.1 Å². The van der Waals surface area contributed by atoms with Gasteiger partial charge in [0.15, 0.2) is 0 Å². The Morgan fingerprint density at radius 2 is 2.55 bits per heavy atom. The van der Waals surface area contributed by atoms with Crippen LogP contribution in [0.25, 0.3) is 0 Å². The third kappa shape index (κ3) is 2.07. The van der Waals surface area contributed by atoms with Gasteiger partial charge in [0.05, 0.1) is 0 Å². The molecule has 0 bridgehead atoms. The zero-order valence-corrected chi connectivity index (χ0v) is 6.46. The number of rotatable bonds is 2. The summed E-state index contributed by atoms with van der Waals surface area (Å²) in [6.07, 6.45) is 0.339. The molecular weight excluding hydrogens is 146 g/mol. The zero-order valence-electron chi connectivity index (χ0n) is 6.46. The smallest absolute Gasteiger partial charge is 0.312 e. The van der Waals surface area contributed by atoms with Gasteiger partial charge in [0.1, 0.15) is 5.76 Å². The van der Waals surface area contributed by atoms with E-state index in [0.29, 0.717) is 12.2 Å². The van der Waals surface area contributed by atoms with Crippen LogP contribution in [0.3, 0.4) is 0 Å². The summed E-state index contributed by atoms with van der Waals surface area (Å²) in [5.41, 5.74) is 0. The van der Waals surface area contributed by atoms with Crippen LogP contribution in [0.2, 0.25) is 0 Å². The molecule has 0 aliphatic heterocycles. The van der Waals surface area contributed by atoms with Crippen molar-refractivity contribution in [3.63, 3.8) is 0 Å². The number of ether oxygens (including phenoxy) is 1. The van der Waals surface area contributed by atoms with Crippen molar-refractivity contribution in [1.82, 2.24) is 5.16 Å². The first kappa shape index (κ1) is 7.78. The van der Waals surface area contributed by atoms with Crippen LogP contribution in [-0.2, 0) is 4.79 Å². The summed E-state index contributed by atoms with van der Waals surface area (Å²) in [5.74, 6) is 0.552. The van der Waals surface area contributed by atoms with E-state index in [0.717, 1.165) is 0 Å². The number of carbonyl (C=O) groups is 1. The first-order chi connectivity index (χ1) is 5.22. The average Bonchev–Trinajstić information content (AvgIpc) is 2.35. The molecule has 0 aromatic carbocycles. The van der Waals surface area contributed by atoms with E-state index in [4.69, 9.17) is 4.74 Å². The quantitative estimate of drug-likeness (QED) is 0.604. The standard InChI is InChI=1S/C7H9NO3/c1-3-7(9)10-6-4-5(2)11-8-6/h4H,3H2,1-2H3. The largest absolute Gasteiger partial charge is 0.404 e. The van der Waals surface area contributed by atoms with E-state index < -0.39 is 0 Å². The van der Waals surface area contributed by atoms with Crippen molar-refractivity contribution in [3.05, 3.63) is 11.8 Å². The molecule has 1 rings (SSSR count). The summed E-state index contributed by atoms with van der Waals surface area (Å²) in [6.45, 7) is 3.45. The van der Waals surface area contributed by atoms with Crippen LogP contribution in [0.5, 0.6) is 5.88 Å². The summed E-state index contributed by atoms with van der Waals surface area (Å²) in [6, 6.07) is 1.56. The molecule has 4 nitrogen and oxygen atoms in total. The molecule has 60 valence electrons. The zero-order chi connectivity index (χ0) is 8.27. The second-order valence-electron chi connectivity index (χ2n) is 2.10. The molecule has 0 aliphatic rings. The molecule has 1 aromatic rings. The van der Waals surface area contributed by atoms with Gasteiger partial charge in [0.25, 0.3) is 5.88 Å². The lowest BCUT2D eigenvalue weighted by Gasteiger charge is -1.93. The van der Waals surface area contributed by atoms with E-state index in [2.05, 4.69) is 9.68 Å². The van der Waals surface area contributed by atoms with Gasteiger partial charge in [-0.15, -0.1) is 0 Å². The normalized spacial score (nSPS) is 9.64. The maximum Gasteiger partial charge on any atom is 0.312 e. The highest BCUT2D eigenvalue weighted by atomic mass is 16.6. The highest BCUT2D eigenvalue weighted by molar-refractivity contribution is 5.71. The lowest BCUT2D eigenvalue weighted by Crippen LogP contribution is -2.05. The summed E-state index contributed by atoms with van der Waals surface area (Å²) in [4.78, 5) is 10.7. The van der Waals surface area contributed by atoms with Gasteiger partial charge < -0.3 is 9.26 Å². The summed E-state index contributed by atoms with van der Waals surface area (Å²) < 4.78 is 9.42. The monoisotopic (exact) mass is 155 g/mol. The molecule has 0 saturated heterocycles. The van der Waals surface area contributed by atoms with Crippen LogP contribution in [-0.4, -0.2) is 11.1 Å². The second kappa shape index (κ2) is 3.18. The van der Waals surface area contributed by atoms with Gasteiger partial charge in [0.2, 0.25) is 0 Å². The fraction of sp³-hybridized carbons (Fsp3) is 0.429. The van der Waals surface area contributed by atoms with E-state index >= 15 is 0 Å². The average molecular weight is 155 g/mol. The van der Waals surface area contributed by atoms with E-state index in [1.54, 1.807) is 19.9 Å². The Hall–Kier alpha value is -1.32. The molecular formula is C7H9NO3. The lowest BCUT2D eigenvalue weighted by molar-refractivity contribution is -0.134. The molecule has 4 heteroatoms. The van der Waals surface area contributed by atoms with Gasteiger partial charge in [-0.05, 0) is 12.1 Å². The van der Waals surface area contributed by atoms with Gasteiger partial charge in [-0.1, -0.05) is 6.92 Å². The van der Waals surface area contributed by atoms with Gasteiger partial charge in [-0.3, -0.25) is 4.79 Å². The minimum absolute atomic E-state index is 0.231. The van der Waals surface area contributed by atoms with Crippen molar-refractivity contribution in [2.24, 2.45) is 0 Å². The van der Waals surface area contributed by atoms with Gasteiger partial charge in [-0.25, -0.2) is 0 Å². The molecule has 11 heavy (non-hydrogen) atoms. The number of hydrogen-bond donors (Lipinski definition) is 0. The van der Waals surface area contributed by atoms with Gasteiger partial charge >= 0.3 is 5.97 Å².